The molecule has 1 aliphatic heterocycles. The molecule has 0 bridgehead atoms. The summed E-state index contributed by atoms with van der Waals surface area (Å²) < 4.78 is 11.5. The second kappa shape index (κ2) is 6.80. The van der Waals surface area contributed by atoms with Crippen LogP contribution in [0.5, 0.6) is 0 Å². The molecular weight excluding hydrogens is 384 g/mol. The van der Waals surface area contributed by atoms with E-state index in [1.54, 1.807) is 18.4 Å². The number of anilines is 1. The van der Waals surface area contributed by atoms with Crippen LogP contribution in [-0.2, 0) is 6.42 Å². The molecule has 0 unspecified atom stereocenters. The number of rotatable bonds is 5. The second-order valence-electron chi connectivity index (χ2n) is 5.92. The minimum atomic E-state index is -0.241. The molecule has 3 heterocycles. The van der Waals surface area contributed by atoms with Gasteiger partial charge < -0.3 is 19.1 Å². The number of fused-ring (bicyclic) bond motifs is 1. The summed E-state index contributed by atoms with van der Waals surface area (Å²) in [4.78, 5) is 14.6. The monoisotopic (exact) mass is 400 g/mol. The van der Waals surface area contributed by atoms with E-state index in [1.807, 2.05) is 18.2 Å². The van der Waals surface area contributed by atoms with Crippen LogP contribution in [0.4, 0.5) is 5.69 Å². The Bertz CT molecular complexity index is 872. The van der Waals surface area contributed by atoms with Gasteiger partial charge in [-0.15, -0.1) is 0 Å². The van der Waals surface area contributed by atoms with Gasteiger partial charge in [0.25, 0.3) is 5.91 Å². The molecule has 0 spiro atoms. The molecule has 4 rings (SSSR count). The third kappa shape index (κ3) is 3.22. The number of benzene rings is 1. The molecule has 0 radical (unpaired) electrons. The van der Waals surface area contributed by atoms with Crippen LogP contribution in [0.15, 0.2) is 68.3 Å². The molecule has 1 aromatic carbocycles. The molecule has 1 N–H and O–H groups in total. The van der Waals surface area contributed by atoms with E-state index in [4.69, 9.17) is 8.83 Å². The van der Waals surface area contributed by atoms with Crippen molar-refractivity contribution in [1.82, 2.24) is 5.32 Å². The van der Waals surface area contributed by atoms with E-state index < -0.39 is 0 Å². The van der Waals surface area contributed by atoms with Crippen molar-refractivity contribution >= 4 is 27.5 Å². The van der Waals surface area contributed by atoms with Crippen molar-refractivity contribution < 1.29 is 13.6 Å². The third-order valence-corrected chi connectivity index (χ3v) is 4.85. The van der Waals surface area contributed by atoms with Crippen LogP contribution in [0.3, 0.4) is 0 Å². The van der Waals surface area contributed by atoms with E-state index >= 15 is 0 Å². The van der Waals surface area contributed by atoms with Crippen molar-refractivity contribution in [3.8, 4) is 0 Å². The molecule has 2 aromatic heterocycles. The third-order valence-electron chi connectivity index (χ3n) is 4.42. The van der Waals surface area contributed by atoms with Gasteiger partial charge in [-0.25, -0.2) is 0 Å². The number of amides is 1. The van der Waals surface area contributed by atoms with Gasteiger partial charge in [0.15, 0.2) is 10.4 Å². The molecule has 25 heavy (non-hydrogen) atoms. The lowest BCUT2D eigenvalue weighted by atomic mass is 10.1. The smallest absolute Gasteiger partial charge is 0.287 e. The zero-order valence-corrected chi connectivity index (χ0v) is 15.0. The summed E-state index contributed by atoms with van der Waals surface area (Å²) >= 11 is 3.21. The van der Waals surface area contributed by atoms with Gasteiger partial charge in [0.05, 0.1) is 6.26 Å². The first-order valence-corrected chi connectivity index (χ1v) is 8.93. The minimum absolute atomic E-state index is 0.0685. The number of nitrogens with zero attached hydrogens (tertiary/aromatic N) is 1. The molecule has 1 atom stereocenters. The van der Waals surface area contributed by atoms with Gasteiger partial charge in [0, 0.05) is 18.8 Å². The topological polar surface area (TPSA) is 58.6 Å². The zero-order valence-electron chi connectivity index (χ0n) is 13.4. The summed E-state index contributed by atoms with van der Waals surface area (Å²) in [6.45, 7) is 1.33. The Balaban J connectivity index is 1.55. The normalized spacial score (nSPS) is 14.4. The molecule has 6 heteroatoms. The van der Waals surface area contributed by atoms with E-state index in [0.717, 1.165) is 18.7 Å². The average Bonchev–Trinajstić information content (AvgIpc) is 3.36. The van der Waals surface area contributed by atoms with Gasteiger partial charge in [-0.2, -0.15) is 0 Å². The molecule has 0 saturated heterocycles. The lowest BCUT2D eigenvalue weighted by molar-refractivity contribution is 0.0921. The average molecular weight is 401 g/mol. The van der Waals surface area contributed by atoms with Crippen molar-refractivity contribution in [2.24, 2.45) is 0 Å². The van der Waals surface area contributed by atoms with E-state index in [0.29, 0.717) is 11.2 Å². The van der Waals surface area contributed by atoms with Crippen molar-refractivity contribution in [3.63, 3.8) is 0 Å². The number of para-hydroxylation sites is 1. The van der Waals surface area contributed by atoms with Gasteiger partial charge in [-0.05, 0) is 58.2 Å². The highest BCUT2D eigenvalue weighted by atomic mass is 79.9. The molecule has 3 aromatic rings. The number of carbonyl (C=O) groups excluding carboxylic acids is 1. The Morgan fingerprint density at radius 2 is 2.08 bits per heavy atom. The Labute approximate surface area is 153 Å². The van der Waals surface area contributed by atoms with Crippen molar-refractivity contribution in [2.75, 3.05) is 18.0 Å². The van der Waals surface area contributed by atoms with E-state index in [2.05, 4.69) is 44.3 Å². The second-order valence-corrected chi connectivity index (χ2v) is 6.70. The van der Waals surface area contributed by atoms with Crippen LogP contribution in [0.2, 0.25) is 0 Å². The lowest BCUT2D eigenvalue weighted by Gasteiger charge is -2.29. The Kier molecular flexibility index (Phi) is 4.36. The van der Waals surface area contributed by atoms with Gasteiger partial charge in [0.2, 0.25) is 0 Å². The molecule has 128 valence electrons. The fourth-order valence-corrected chi connectivity index (χ4v) is 3.55. The highest BCUT2D eigenvalue weighted by Crippen LogP contribution is 2.35. The van der Waals surface area contributed by atoms with Crippen molar-refractivity contribution in [3.05, 3.63) is 76.5 Å². The molecule has 0 saturated carbocycles. The first kappa shape index (κ1) is 16.0. The zero-order chi connectivity index (χ0) is 17.2. The molecule has 5 nitrogen and oxygen atoms in total. The van der Waals surface area contributed by atoms with E-state index in [1.165, 1.54) is 11.3 Å². The largest absolute Gasteiger partial charge is 0.467 e. The summed E-state index contributed by atoms with van der Waals surface area (Å²) in [5.41, 5.74) is 2.51. The summed E-state index contributed by atoms with van der Waals surface area (Å²) in [5.74, 6) is 0.874. The van der Waals surface area contributed by atoms with Crippen LogP contribution >= 0.6 is 15.9 Å². The van der Waals surface area contributed by atoms with E-state index in [9.17, 15) is 4.79 Å². The molecular formula is C19H17BrN2O3. The lowest BCUT2D eigenvalue weighted by Crippen LogP contribution is -2.37. The number of hydrogen-bond donors (Lipinski definition) is 1. The molecule has 1 aliphatic rings. The number of hydrogen-bond acceptors (Lipinski definition) is 4. The van der Waals surface area contributed by atoms with Crippen molar-refractivity contribution in [1.29, 1.82) is 0 Å². The molecule has 1 amide bonds. The first-order chi connectivity index (χ1) is 12.2. The van der Waals surface area contributed by atoms with Crippen LogP contribution < -0.4 is 10.2 Å². The Hall–Kier alpha value is -2.47. The maximum atomic E-state index is 12.3. The Morgan fingerprint density at radius 1 is 1.20 bits per heavy atom. The predicted octanol–water partition coefficient (Wildman–Crippen LogP) is 4.17. The quantitative estimate of drug-likeness (QED) is 0.697. The number of halogens is 1. The molecule has 0 fully saturated rings. The standard InChI is InChI=1S/C19H17BrN2O3/c20-18-8-7-17(25-18)19(23)21-12-15(16-6-3-11-24-16)22-10-9-13-4-1-2-5-14(13)22/h1-8,11,15H,9-10,12H2,(H,21,23)/t15-/m0/s1. The fraction of sp³-hybridized carbons (Fsp3) is 0.211. The SMILES string of the molecule is O=C(NC[C@@H](c1ccco1)N1CCc2ccccc21)c1ccc(Br)o1. The summed E-state index contributed by atoms with van der Waals surface area (Å²) in [5, 5.41) is 2.95. The van der Waals surface area contributed by atoms with E-state index in [-0.39, 0.29) is 17.7 Å². The number of nitrogens with one attached hydrogen (secondary N) is 1. The maximum Gasteiger partial charge on any atom is 0.287 e. The molecule has 0 aliphatic carbocycles. The predicted molar refractivity (Wildman–Crippen MR) is 97.7 cm³/mol. The summed E-state index contributed by atoms with van der Waals surface area (Å²) in [6.07, 6.45) is 2.65. The number of carbonyl (C=O) groups is 1. The fourth-order valence-electron chi connectivity index (χ4n) is 3.25. The van der Waals surface area contributed by atoms with Crippen LogP contribution in [0.25, 0.3) is 0 Å². The Morgan fingerprint density at radius 3 is 2.84 bits per heavy atom. The number of furan rings is 2. The summed E-state index contributed by atoms with van der Waals surface area (Å²) in [7, 11) is 0. The van der Waals surface area contributed by atoms with Crippen molar-refractivity contribution in [2.45, 2.75) is 12.5 Å². The van der Waals surface area contributed by atoms with Gasteiger partial charge in [0.1, 0.15) is 11.8 Å². The van der Waals surface area contributed by atoms with Gasteiger partial charge in [-0.1, -0.05) is 18.2 Å². The van der Waals surface area contributed by atoms with Crippen LogP contribution in [0.1, 0.15) is 27.9 Å². The van der Waals surface area contributed by atoms with Crippen LogP contribution in [-0.4, -0.2) is 19.0 Å². The highest BCUT2D eigenvalue weighted by molar-refractivity contribution is 9.10. The first-order valence-electron chi connectivity index (χ1n) is 8.14. The summed E-state index contributed by atoms with van der Waals surface area (Å²) in [6, 6.07) is 15.5. The van der Waals surface area contributed by atoms with Crippen LogP contribution in [0, 0.1) is 0 Å². The minimum Gasteiger partial charge on any atom is -0.467 e. The van der Waals surface area contributed by atoms with Gasteiger partial charge >= 0.3 is 0 Å². The highest BCUT2D eigenvalue weighted by Gasteiger charge is 2.29. The maximum absolute atomic E-state index is 12.3. The van der Waals surface area contributed by atoms with Gasteiger partial charge in [-0.3, -0.25) is 4.79 Å².